The van der Waals surface area contributed by atoms with Gasteiger partial charge in [-0.15, -0.1) is 11.3 Å². The van der Waals surface area contributed by atoms with Gasteiger partial charge in [0.2, 0.25) is 0 Å². The molecule has 0 atom stereocenters. The minimum absolute atomic E-state index is 0.0593. The Labute approximate surface area is 113 Å². The first-order valence-corrected chi connectivity index (χ1v) is 6.82. The number of aromatic nitrogens is 4. The van der Waals surface area contributed by atoms with Crippen molar-refractivity contribution in [2.75, 3.05) is 5.73 Å². The van der Waals surface area contributed by atoms with Gasteiger partial charge >= 0.3 is 5.69 Å². The molecule has 19 heavy (non-hydrogen) atoms. The summed E-state index contributed by atoms with van der Waals surface area (Å²) in [7, 11) is 0. The van der Waals surface area contributed by atoms with Crippen molar-refractivity contribution in [1.29, 1.82) is 0 Å². The van der Waals surface area contributed by atoms with Crippen LogP contribution < -0.4 is 11.4 Å². The Bertz CT molecular complexity index is 785. The summed E-state index contributed by atoms with van der Waals surface area (Å²) in [6.07, 6.45) is 3.50. The van der Waals surface area contributed by atoms with Crippen LogP contribution in [-0.2, 0) is 13.1 Å². The number of nitrogens with zero attached hydrogens (tertiary/aromatic N) is 4. The van der Waals surface area contributed by atoms with Crippen molar-refractivity contribution in [3.63, 3.8) is 0 Å². The molecule has 0 saturated carbocycles. The Balaban J connectivity index is 2.00. The van der Waals surface area contributed by atoms with Crippen molar-refractivity contribution < 1.29 is 0 Å². The third-order valence-corrected chi connectivity index (χ3v) is 3.78. The molecule has 0 bridgehead atoms. The summed E-state index contributed by atoms with van der Waals surface area (Å²) in [5.74, 6) is 1.02. The summed E-state index contributed by atoms with van der Waals surface area (Å²) in [5.41, 5.74) is 5.83. The highest BCUT2D eigenvalue weighted by molar-refractivity contribution is 7.16. The van der Waals surface area contributed by atoms with Gasteiger partial charge in [0.15, 0.2) is 5.82 Å². The number of imidazole rings is 1. The minimum atomic E-state index is -0.0593. The van der Waals surface area contributed by atoms with Crippen molar-refractivity contribution in [1.82, 2.24) is 19.1 Å². The molecule has 0 amide bonds. The van der Waals surface area contributed by atoms with Crippen LogP contribution in [0, 0.1) is 0 Å². The molecule has 7 heteroatoms. The maximum atomic E-state index is 11.9. The van der Waals surface area contributed by atoms with Crippen molar-refractivity contribution in [2.24, 2.45) is 0 Å². The molecule has 0 aliphatic carbocycles. The predicted molar refractivity (Wildman–Crippen MR) is 75.3 cm³/mol. The zero-order valence-electron chi connectivity index (χ0n) is 10.4. The van der Waals surface area contributed by atoms with Crippen LogP contribution in [0.2, 0.25) is 0 Å². The van der Waals surface area contributed by atoms with Gasteiger partial charge in [-0.25, -0.2) is 14.8 Å². The highest BCUT2D eigenvalue weighted by Crippen LogP contribution is 2.22. The number of hydrogen-bond acceptors (Lipinski definition) is 5. The second-order valence-electron chi connectivity index (χ2n) is 4.16. The van der Waals surface area contributed by atoms with E-state index >= 15 is 0 Å². The number of nitrogen functional groups attached to an aromatic ring is 1. The molecule has 3 heterocycles. The number of hydrogen-bond donors (Lipinski definition) is 1. The Morgan fingerprint density at radius 1 is 1.32 bits per heavy atom. The third kappa shape index (κ3) is 2.01. The maximum Gasteiger partial charge on any atom is 0.328 e. The Kier molecular flexibility index (Phi) is 2.83. The van der Waals surface area contributed by atoms with Crippen LogP contribution in [0.4, 0.5) is 5.82 Å². The van der Waals surface area contributed by atoms with E-state index in [0.29, 0.717) is 24.7 Å². The van der Waals surface area contributed by atoms with E-state index in [-0.39, 0.29) is 5.69 Å². The normalized spacial score (nSPS) is 11.2. The highest BCUT2D eigenvalue weighted by Gasteiger charge is 2.09. The lowest BCUT2D eigenvalue weighted by Crippen LogP contribution is -2.24. The molecule has 0 unspecified atom stereocenters. The van der Waals surface area contributed by atoms with E-state index in [1.54, 1.807) is 21.5 Å². The standard InChI is InChI=1S/C12H13N5OS/c1-2-16-4-5-17(12(16)18)7-9-14-10(13)8-3-6-19-11(8)15-9/h3-6H,2,7H2,1H3,(H2,13,14,15). The SMILES string of the molecule is CCn1ccn(Cc2nc(N)c3ccsc3n2)c1=O. The van der Waals surface area contributed by atoms with Crippen LogP contribution in [0.1, 0.15) is 12.7 Å². The summed E-state index contributed by atoms with van der Waals surface area (Å²) in [6.45, 7) is 2.92. The summed E-state index contributed by atoms with van der Waals surface area (Å²) >= 11 is 1.52. The Morgan fingerprint density at radius 2 is 2.11 bits per heavy atom. The fourth-order valence-corrected chi connectivity index (χ4v) is 2.75. The average molecular weight is 275 g/mol. The van der Waals surface area contributed by atoms with E-state index in [9.17, 15) is 4.79 Å². The van der Waals surface area contributed by atoms with E-state index < -0.39 is 0 Å². The van der Waals surface area contributed by atoms with Gasteiger partial charge in [-0.2, -0.15) is 0 Å². The number of nitrogens with two attached hydrogens (primary N) is 1. The van der Waals surface area contributed by atoms with E-state index in [1.807, 2.05) is 18.4 Å². The van der Waals surface area contributed by atoms with Crippen molar-refractivity contribution in [3.8, 4) is 0 Å². The molecular formula is C12H13N5OS. The molecule has 0 aliphatic heterocycles. The molecule has 0 aliphatic rings. The van der Waals surface area contributed by atoms with E-state index in [0.717, 1.165) is 10.2 Å². The van der Waals surface area contributed by atoms with Gasteiger partial charge in [-0.05, 0) is 18.4 Å². The second-order valence-corrected chi connectivity index (χ2v) is 5.05. The molecule has 98 valence electrons. The summed E-state index contributed by atoms with van der Waals surface area (Å²) in [4.78, 5) is 21.5. The number of fused-ring (bicyclic) bond motifs is 1. The molecule has 0 spiro atoms. The van der Waals surface area contributed by atoms with Gasteiger partial charge in [0.1, 0.15) is 10.6 Å². The van der Waals surface area contributed by atoms with Gasteiger partial charge in [0.25, 0.3) is 0 Å². The Hall–Kier alpha value is -2.15. The Morgan fingerprint density at radius 3 is 2.84 bits per heavy atom. The van der Waals surface area contributed by atoms with E-state index in [1.165, 1.54) is 11.3 Å². The van der Waals surface area contributed by atoms with Crippen LogP contribution in [0.15, 0.2) is 28.6 Å². The fourth-order valence-electron chi connectivity index (χ4n) is 1.96. The van der Waals surface area contributed by atoms with E-state index in [4.69, 9.17) is 5.73 Å². The highest BCUT2D eigenvalue weighted by atomic mass is 32.1. The first kappa shape index (κ1) is 11.9. The predicted octanol–water partition coefficient (Wildman–Crippen LogP) is 1.30. The lowest BCUT2D eigenvalue weighted by Gasteiger charge is -2.03. The van der Waals surface area contributed by atoms with Crippen LogP contribution in [-0.4, -0.2) is 19.1 Å². The van der Waals surface area contributed by atoms with Gasteiger partial charge in [-0.3, -0.25) is 9.13 Å². The molecule has 2 N–H and O–H groups in total. The number of thiophene rings is 1. The molecule has 3 aromatic rings. The number of anilines is 1. The average Bonchev–Trinajstić information content (AvgIpc) is 2.98. The summed E-state index contributed by atoms with van der Waals surface area (Å²) < 4.78 is 3.21. The molecular weight excluding hydrogens is 262 g/mol. The van der Waals surface area contributed by atoms with Crippen LogP contribution >= 0.6 is 11.3 Å². The largest absolute Gasteiger partial charge is 0.383 e. The summed E-state index contributed by atoms with van der Waals surface area (Å²) in [6, 6.07) is 1.90. The van der Waals surface area contributed by atoms with Crippen molar-refractivity contribution in [3.05, 3.63) is 40.1 Å². The van der Waals surface area contributed by atoms with Gasteiger partial charge in [0, 0.05) is 18.9 Å². The van der Waals surface area contributed by atoms with Gasteiger partial charge < -0.3 is 5.73 Å². The molecule has 0 aromatic carbocycles. The van der Waals surface area contributed by atoms with Gasteiger partial charge in [0.05, 0.1) is 11.9 Å². The molecule has 0 saturated heterocycles. The lowest BCUT2D eigenvalue weighted by atomic mass is 10.4. The van der Waals surface area contributed by atoms with Gasteiger partial charge in [-0.1, -0.05) is 0 Å². The number of aryl methyl sites for hydroxylation is 1. The zero-order valence-corrected chi connectivity index (χ0v) is 11.2. The lowest BCUT2D eigenvalue weighted by molar-refractivity contribution is 0.655. The maximum absolute atomic E-state index is 11.9. The first-order chi connectivity index (χ1) is 9.19. The smallest absolute Gasteiger partial charge is 0.328 e. The monoisotopic (exact) mass is 275 g/mol. The van der Waals surface area contributed by atoms with Crippen LogP contribution in [0.25, 0.3) is 10.2 Å². The second kappa shape index (κ2) is 4.51. The zero-order chi connectivity index (χ0) is 13.4. The quantitative estimate of drug-likeness (QED) is 0.781. The molecule has 6 nitrogen and oxygen atoms in total. The van der Waals surface area contributed by atoms with Crippen LogP contribution in [0.3, 0.4) is 0 Å². The summed E-state index contributed by atoms with van der Waals surface area (Å²) in [5, 5.41) is 2.80. The van der Waals surface area contributed by atoms with E-state index in [2.05, 4.69) is 9.97 Å². The topological polar surface area (TPSA) is 78.7 Å². The van der Waals surface area contributed by atoms with Crippen LogP contribution in [0.5, 0.6) is 0 Å². The molecule has 3 aromatic heterocycles. The minimum Gasteiger partial charge on any atom is -0.383 e. The van der Waals surface area contributed by atoms with Crippen molar-refractivity contribution in [2.45, 2.75) is 20.0 Å². The number of rotatable bonds is 3. The molecule has 0 fully saturated rings. The van der Waals surface area contributed by atoms with Crippen molar-refractivity contribution >= 4 is 27.4 Å². The fraction of sp³-hybridized carbons (Fsp3) is 0.250. The molecule has 3 rings (SSSR count). The molecule has 0 radical (unpaired) electrons. The first-order valence-electron chi connectivity index (χ1n) is 5.94. The third-order valence-electron chi connectivity index (χ3n) is 2.97.